The van der Waals surface area contributed by atoms with E-state index >= 15 is 0 Å². The van der Waals surface area contributed by atoms with Crippen LogP contribution in [0.4, 0.5) is 0 Å². The molecule has 0 spiro atoms. The van der Waals surface area contributed by atoms with Gasteiger partial charge in [0.2, 0.25) is 0 Å². The van der Waals surface area contributed by atoms with Gasteiger partial charge in [-0.3, -0.25) is 9.59 Å². The molecule has 1 N–H and O–H groups in total. The largest absolute Gasteiger partial charge is 0.497 e. The Morgan fingerprint density at radius 2 is 1.80 bits per heavy atom. The maximum absolute atomic E-state index is 12.3. The van der Waals surface area contributed by atoms with Crippen LogP contribution in [0.1, 0.15) is 16.1 Å². The monoisotopic (exact) mass is 339 g/mol. The molecular weight excluding hydrogens is 322 g/mol. The number of hydrogen-bond donors (Lipinski definition) is 1. The summed E-state index contributed by atoms with van der Waals surface area (Å²) in [5.74, 6) is 0.735. The number of carbonyl (C=O) groups is 1. The molecule has 3 rings (SSSR count). The summed E-state index contributed by atoms with van der Waals surface area (Å²) in [6.45, 7) is 0.288. The van der Waals surface area contributed by atoms with Crippen molar-refractivity contribution in [3.8, 4) is 11.5 Å². The van der Waals surface area contributed by atoms with Gasteiger partial charge in [-0.1, -0.05) is 12.1 Å². The first-order valence-corrected chi connectivity index (χ1v) is 7.64. The van der Waals surface area contributed by atoms with Crippen molar-refractivity contribution < 1.29 is 18.7 Å². The molecule has 0 atom stereocenters. The standard InChI is InChI=1S/C19H17NO5/c1-23-13-5-3-4-12(8-13)11-20-19(22)18-10-16(21)15-7-6-14(24-2)9-17(15)25-18/h3-10H,11H2,1-2H3,(H,20,22). The van der Waals surface area contributed by atoms with Crippen LogP contribution in [-0.2, 0) is 6.54 Å². The van der Waals surface area contributed by atoms with Crippen LogP contribution in [0.3, 0.4) is 0 Å². The third kappa shape index (κ3) is 3.63. The lowest BCUT2D eigenvalue weighted by molar-refractivity contribution is 0.0923. The van der Waals surface area contributed by atoms with E-state index in [4.69, 9.17) is 13.9 Å². The van der Waals surface area contributed by atoms with Crippen LogP contribution in [-0.4, -0.2) is 20.1 Å². The van der Waals surface area contributed by atoms with Crippen molar-refractivity contribution in [2.45, 2.75) is 6.54 Å². The van der Waals surface area contributed by atoms with E-state index in [2.05, 4.69) is 5.32 Å². The molecule has 0 fully saturated rings. The fraction of sp³-hybridized carbons (Fsp3) is 0.158. The minimum atomic E-state index is -0.468. The van der Waals surface area contributed by atoms with Crippen LogP contribution in [0.15, 0.2) is 57.7 Å². The molecule has 128 valence electrons. The SMILES string of the molecule is COc1cccc(CNC(=O)c2cc(=O)c3ccc(OC)cc3o2)c1. The molecule has 0 saturated carbocycles. The molecule has 0 aliphatic carbocycles. The topological polar surface area (TPSA) is 77.8 Å². The van der Waals surface area contributed by atoms with E-state index in [-0.39, 0.29) is 17.7 Å². The van der Waals surface area contributed by atoms with Crippen LogP contribution < -0.4 is 20.2 Å². The number of ether oxygens (including phenoxy) is 2. The molecule has 0 radical (unpaired) electrons. The Balaban J connectivity index is 1.82. The molecule has 0 aliphatic rings. The quantitative estimate of drug-likeness (QED) is 0.773. The molecular formula is C19H17NO5. The van der Waals surface area contributed by atoms with Crippen LogP contribution >= 0.6 is 0 Å². The van der Waals surface area contributed by atoms with Crippen molar-refractivity contribution in [3.05, 3.63) is 70.1 Å². The van der Waals surface area contributed by atoms with Crippen molar-refractivity contribution in [2.75, 3.05) is 14.2 Å². The number of nitrogens with one attached hydrogen (secondary N) is 1. The summed E-state index contributed by atoms with van der Waals surface area (Å²) in [6.07, 6.45) is 0. The predicted octanol–water partition coefficient (Wildman–Crippen LogP) is 2.74. The van der Waals surface area contributed by atoms with E-state index in [0.717, 1.165) is 5.56 Å². The van der Waals surface area contributed by atoms with Crippen molar-refractivity contribution >= 4 is 16.9 Å². The van der Waals surface area contributed by atoms with Crippen LogP contribution in [0, 0.1) is 0 Å². The Hall–Kier alpha value is -3.28. The summed E-state index contributed by atoms with van der Waals surface area (Å²) in [4.78, 5) is 24.5. The highest BCUT2D eigenvalue weighted by Crippen LogP contribution is 2.19. The Labute approximate surface area is 144 Å². The first kappa shape index (κ1) is 16.6. The molecule has 25 heavy (non-hydrogen) atoms. The smallest absolute Gasteiger partial charge is 0.287 e. The van der Waals surface area contributed by atoms with Gasteiger partial charge in [-0.2, -0.15) is 0 Å². The Morgan fingerprint density at radius 3 is 2.56 bits per heavy atom. The van der Waals surface area contributed by atoms with Crippen LogP contribution in [0.25, 0.3) is 11.0 Å². The van der Waals surface area contributed by atoms with Gasteiger partial charge in [-0.05, 0) is 29.8 Å². The molecule has 2 aromatic carbocycles. The van der Waals surface area contributed by atoms with E-state index in [1.165, 1.54) is 13.2 Å². The van der Waals surface area contributed by atoms with E-state index in [1.54, 1.807) is 25.3 Å². The zero-order chi connectivity index (χ0) is 17.8. The molecule has 6 heteroatoms. The van der Waals surface area contributed by atoms with Gasteiger partial charge < -0.3 is 19.2 Å². The lowest BCUT2D eigenvalue weighted by Gasteiger charge is -2.07. The van der Waals surface area contributed by atoms with Gasteiger partial charge in [-0.15, -0.1) is 0 Å². The summed E-state index contributed by atoms with van der Waals surface area (Å²) in [7, 11) is 3.10. The zero-order valence-corrected chi connectivity index (χ0v) is 13.9. The first-order chi connectivity index (χ1) is 12.1. The summed E-state index contributed by atoms with van der Waals surface area (Å²) in [5, 5.41) is 3.12. The Morgan fingerprint density at radius 1 is 1.04 bits per heavy atom. The number of fused-ring (bicyclic) bond motifs is 1. The van der Waals surface area contributed by atoms with Crippen LogP contribution in [0.2, 0.25) is 0 Å². The normalized spacial score (nSPS) is 10.5. The maximum Gasteiger partial charge on any atom is 0.287 e. The average Bonchev–Trinajstić information content (AvgIpc) is 2.65. The molecule has 0 unspecified atom stereocenters. The Bertz CT molecular complexity index is 977. The highest BCUT2D eigenvalue weighted by molar-refractivity contribution is 5.93. The second kappa shape index (κ2) is 7.09. The number of amides is 1. The lowest BCUT2D eigenvalue weighted by atomic mass is 10.2. The molecule has 1 amide bonds. The van der Waals surface area contributed by atoms with E-state index in [9.17, 15) is 9.59 Å². The zero-order valence-electron chi connectivity index (χ0n) is 13.9. The summed E-state index contributed by atoms with van der Waals surface area (Å²) < 4.78 is 15.8. The molecule has 0 bridgehead atoms. The lowest BCUT2D eigenvalue weighted by Crippen LogP contribution is -2.24. The second-order valence-electron chi connectivity index (χ2n) is 5.37. The highest BCUT2D eigenvalue weighted by Gasteiger charge is 2.13. The first-order valence-electron chi connectivity index (χ1n) is 7.64. The van der Waals surface area contributed by atoms with Gasteiger partial charge >= 0.3 is 0 Å². The third-order valence-electron chi connectivity index (χ3n) is 3.75. The summed E-state index contributed by atoms with van der Waals surface area (Å²) >= 11 is 0. The molecule has 0 saturated heterocycles. The number of hydrogen-bond acceptors (Lipinski definition) is 5. The van der Waals surface area contributed by atoms with E-state index in [1.807, 2.05) is 24.3 Å². The maximum atomic E-state index is 12.3. The van der Waals surface area contributed by atoms with Crippen LogP contribution in [0.5, 0.6) is 11.5 Å². The predicted molar refractivity (Wildman–Crippen MR) is 93.2 cm³/mol. The number of carbonyl (C=O) groups excluding carboxylic acids is 1. The van der Waals surface area contributed by atoms with Crippen molar-refractivity contribution in [1.82, 2.24) is 5.32 Å². The van der Waals surface area contributed by atoms with Gasteiger partial charge in [0.1, 0.15) is 17.1 Å². The van der Waals surface area contributed by atoms with E-state index < -0.39 is 5.91 Å². The van der Waals surface area contributed by atoms with Gasteiger partial charge in [-0.25, -0.2) is 0 Å². The Kier molecular flexibility index (Phi) is 4.70. The van der Waals surface area contributed by atoms with Gasteiger partial charge in [0.05, 0.1) is 19.6 Å². The van der Waals surface area contributed by atoms with Gasteiger partial charge in [0, 0.05) is 18.7 Å². The molecule has 6 nitrogen and oxygen atoms in total. The second-order valence-corrected chi connectivity index (χ2v) is 5.37. The third-order valence-corrected chi connectivity index (χ3v) is 3.75. The molecule has 3 aromatic rings. The fourth-order valence-electron chi connectivity index (χ4n) is 2.43. The van der Waals surface area contributed by atoms with Crippen molar-refractivity contribution in [1.29, 1.82) is 0 Å². The van der Waals surface area contributed by atoms with Crippen molar-refractivity contribution in [2.24, 2.45) is 0 Å². The van der Waals surface area contributed by atoms with Gasteiger partial charge in [0.15, 0.2) is 11.2 Å². The number of methoxy groups -OCH3 is 2. The molecule has 1 aromatic heterocycles. The van der Waals surface area contributed by atoms with Crippen molar-refractivity contribution in [3.63, 3.8) is 0 Å². The summed E-state index contributed by atoms with van der Waals surface area (Å²) in [5.41, 5.74) is 0.895. The highest BCUT2D eigenvalue weighted by atomic mass is 16.5. The van der Waals surface area contributed by atoms with Gasteiger partial charge in [0.25, 0.3) is 5.91 Å². The number of rotatable bonds is 5. The minimum absolute atomic E-state index is 0.0475. The summed E-state index contributed by atoms with van der Waals surface area (Å²) in [6, 6.07) is 13.4. The fourth-order valence-corrected chi connectivity index (χ4v) is 2.43. The average molecular weight is 339 g/mol. The number of benzene rings is 2. The minimum Gasteiger partial charge on any atom is -0.497 e. The van der Waals surface area contributed by atoms with E-state index in [0.29, 0.717) is 22.5 Å². The molecule has 1 heterocycles. The molecule has 0 aliphatic heterocycles.